The van der Waals surface area contributed by atoms with Gasteiger partial charge in [0.2, 0.25) is 0 Å². The van der Waals surface area contributed by atoms with Crippen LogP contribution in [0.2, 0.25) is 0 Å². The second kappa shape index (κ2) is 5.77. The Bertz CT molecular complexity index is 607. The fourth-order valence-corrected chi connectivity index (χ4v) is 3.57. The van der Waals surface area contributed by atoms with Gasteiger partial charge in [0.05, 0.1) is 6.04 Å². The molecular formula is C16H18N2OS. The Morgan fingerprint density at radius 1 is 1.35 bits per heavy atom. The topological polar surface area (TPSA) is 41.1 Å². The minimum absolute atomic E-state index is 0.0559. The molecule has 0 saturated heterocycles. The van der Waals surface area contributed by atoms with Crippen LogP contribution in [-0.4, -0.2) is 19.5 Å². The maximum absolute atomic E-state index is 12.1. The molecule has 2 heterocycles. The highest BCUT2D eigenvalue weighted by atomic mass is 32.1. The molecule has 3 nitrogen and oxygen atoms in total. The molecule has 1 amide bonds. The molecule has 0 radical (unpaired) electrons. The third-order valence-electron chi connectivity index (χ3n) is 3.74. The van der Waals surface area contributed by atoms with E-state index in [2.05, 4.69) is 40.3 Å². The van der Waals surface area contributed by atoms with Gasteiger partial charge in [0, 0.05) is 17.0 Å². The van der Waals surface area contributed by atoms with Gasteiger partial charge in [-0.15, -0.1) is 11.3 Å². The zero-order chi connectivity index (χ0) is 13.9. The van der Waals surface area contributed by atoms with Gasteiger partial charge in [0.25, 0.3) is 5.91 Å². The first kappa shape index (κ1) is 13.3. The molecular weight excluding hydrogens is 268 g/mol. The van der Waals surface area contributed by atoms with E-state index in [4.69, 9.17) is 0 Å². The summed E-state index contributed by atoms with van der Waals surface area (Å²) in [5.41, 5.74) is 3.13. The molecule has 0 spiro atoms. The number of rotatable bonds is 3. The average molecular weight is 286 g/mol. The molecule has 1 aliphatic heterocycles. The van der Waals surface area contributed by atoms with Gasteiger partial charge >= 0.3 is 0 Å². The minimum Gasteiger partial charge on any atom is -0.352 e. The van der Waals surface area contributed by atoms with Crippen LogP contribution in [0.4, 0.5) is 0 Å². The van der Waals surface area contributed by atoms with Gasteiger partial charge in [-0.05, 0) is 48.5 Å². The zero-order valence-electron chi connectivity index (χ0n) is 11.5. The summed E-state index contributed by atoms with van der Waals surface area (Å²) in [5, 5.41) is 8.38. The van der Waals surface area contributed by atoms with Crippen molar-refractivity contribution >= 4 is 17.2 Å². The molecule has 1 aromatic carbocycles. The average Bonchev–Trinajstić information content (AvgIpc) is 2.92. The van der Waals surface area contributed by atoms with Crippen molar-refractivity contribution in [1.29, 1.82) is 0 Å². The maximum Gasteiger partial charge on any atom is 0.251 e. The van der Waals surface area contributed by atoms with E-state index >= 15 is 0 Å². The van der Waals surface area contributed by atoms with Crippen molar-refractivity contribution in [3.63, 3.8) is 0 Å². The predicted octanol–water partition coefficient (Wildman–Crippen LogP) is 2.73. The molecule has 0 saturated carbocycles. The van der Waals surface area contributed by atoms with Crippen LogP contribution in [0.5, 0.6) is 0 Å². The van der Waals surface area contributed by atoms with Gasteiger partial charge in [0.1, 0.15) is 0 Å². The molecule has 1 aliphatic rings. The standard InChI is InChI=1S/C16H18N2OS/c1-17-15(14-5-3-9-20-14)12-7-6-11-4-2-8-18-16(19)13(11)10-12/h3,5-7,9-10,15,17H,2,4,8H2,1H3,(H,18,19). The number of carbonyl (C=O) groups is 1. The third kappa shape index (κ3) is 2.49. The zero-order valence-corrected chi connectivity index (χ0v) is 12.3. The molecule has 0 aliphatic carbocycles. The summed E-state index contributed by atoms with van der Waals surface area (Å²) < 4.78 is 0. The van der Waals surface area contributed by atoms with Crippen molar-refractivity contribution in [2.24, 2.45) is 0 Å². The molecule has 104 valence electrons. The normalized spacial score (nSPS) is 16.1. The first-order valence-corrected chi connectivity index (χ1v) is 7.79. The fraction of sp³-hybridized carbons (Fsp3) is 0.312. The largest absolute Gasteiger partial charge is 0.352 e. The van der Waals surface area contributed by atoms with Crippen molar-refractivity contribution in [2.75, 3.05) is 13.6 Å². The Labute approximate surface area is 123 Å². The highest BCUT2D eigenvalue weighted by Gasteiger charge is 2.19. The van der Waals surface area contributed by atoms with Gasteiger partial charge in [-0.1, -0.05) is 18.2 Å². The van der Waals surface area contributed by atoms with Crippen molar-refractivity contribution in [1.82, 2.24) is 10.6 Å². The quantitative estimate of drug-likeness (QED) is 0.911. The Balaban J connectivity index is 2.00. The fourth-order valence-electron chi connectivity index (χ4n) is 2.71. The first-order valence-electron chi connectivity index (χ1n) is 6.91. The molecule has 2 aromatic rings. The van der Waals surface area contributed by atoms with E-state index in [1.807, 2.05) is 13.1 Å². The molecule has 20 heavy (non-hydrogen) atoms. The summed E-state index contributed by atoms with van der Waals surface area (Å²) in [6.07, 6.45) is 1.98. The predicted molar refractivity (Wildman–Crippen MR) is 82.3 cm³/mol. The van der Waals surface area contributed by atoms with E-state index < -0.39 is 0 Å². The van der Waals surface area contributed by atoms with Gasteiger partial charge in [-0.2, -0.15) is 0 Å². The van der Waals surface area contributed by atoms with Gasteiger partial charge in [-0.25, -0.2) is 0 Å². The number of amides is 1. The van der Waals surface area contributed by atoms with Crippen LogP contribution in [0, 0.1) is 0 Å². The van der Waals surface area contributed by atoms with Gasteiger partial charge < -0.3 is 10.6 Å². The van der Waals surface area contributed by atoms with Crippen molar-refractivity contribution < 1.29 is 4.79 Å². The third-order valence-corrected chi connectivity index (χ3v) is 4.67. The molecule has 1 aromatic heterocycles. The summed E-state index contributed by atoms with van der Waals surface area (Å²) in [5.74, 6) is 0.0559. The molecule has 3 rings (SSSR count). The molecule has 0 fully saturated rings. The Hall–Kier alpha value is -1.65. The number of thiophene rings is 1. The summed E-state index contributed by atoms with van der Waals surface area (Å²) in [6.45, 7) is 0.767. The number of nitrogens with one attached hydrogen (secondary N) is 2. The number of hydrogen-bond donors (Lipinski definition) is 2. The Kier molecular flexibility index (Phi) is 3.85. The van der Waals surface area contributed by atoms with Crippen LogP contribution in [0.1, 0.15) is 38.8 Å². The Morgan fingerprint density at radius 3 is 3.00 bits per heavy atom. The van der Waals surface area contributed by atoms with Crippen LogP contribution >= 0.6 is 11.3 Å². The number of hydrogen-bond acceptors (Lipinski definition) is 3. The van der Waals surface area contributed by atoms with Crippen molar-refractivity contribution in [3.8, 4) is 0 Å². The van der Waals surface area contributed by atoms with E-state index in [-0.39, 0.29) is 11.9 Å². The van der Waals surface area contributed by atoms with Crippen LogP contribution in [0.3, 0.4) is 0 Å². The molecule has 1 unspecified atom stereocenters. The van der Waals surface area contributed by atoms with Crippen molar-refractivity contribution in [2.45, 2.75) is 18.9 Å². The number of aryl methyl sites for hydroxylation is 1. The SMILES string of the molecule is CNC(c1ccc2c(c1)C(=O)NCCC2)c1cccs1. The number of carbonyl (C=O) groups excluding carboxylic acids is 1. The van der Waals surface area contributed by atoms with E-state index in [9.17, 15) is 4.79 Å². The van der Waals surface area contributed by atoms with E-state index in [0.717, 1.165) is 36.1 Å². The lowest BCUT2D eigenvalue weighted by molar-refractivity contribution is 0.0956. The van der Waals surface area contributed by atoms with Crippen molar-refractivity contribution in [3.05, 3.63) is 57.3 Å². The van der Waals surface area contributed by atoms with Crippen LogP contribution < -0.4 is 10.6 Å². The van der Waals surface area contributed by atoms with Crippen LogP contribution in [0.25, 0.3) is 0 Å². The highest BCUT2D eigenvalue weighted by molar-refractivity contribution is 7.10. The first-order chi connectivity index (χ1) is 9.79. The lowest BCUT2D eigenvalue weighted by atomic mass is 9.97. The summed E-state index contributed by atoms with van der Waals surface area (Å²) in [4.78, 5) is 13.4. The number of benzene rings is 1. The molecule has 1 atom stereocenters. The lowest BCUT2D eigenvalue weighted by Crippen LogP contribution is -2.23. The van der Waals surface area contributed by atoms with Crippen LogP contribution in [-0.2, 0) is 6.42 Å². The maximum atomic E-state index is 12.1. The molecule has 4 heteroatoms. The summed E-state index contributed by atoms with van der Waals surface area (Å²) in [6, 6.07) is 10.6. The second-order valence-electron chi connectivity index (χ2n) is 5.01. The van der Waals surface area contributed by atoms with E-state index in [0.29, 0.717) is 0 Å². The number of fused-ring (bicyclic) bond motifs is 1. The van der Waals surface area contributed by atoms with E-state index in [1.54, 1.807) is 11.3 Å². The van der Waals surface area contributed by atoms with E-state index in [1.165, 1.54) is 4.88 Å². The Morgan fingerprint density at radius 2 is 2.25 bits per heavy atom. The molecule has 0 bridgehead atoms. The summed E-state index contributed by atoms with van der Waals surface area (Å²) >= 11 is 1.73. The molecule has 2 N–H and O–H groups in total. The second-order valence-corrected chi connectivity index (χ2v) is 5.99. The monoisotopic (exact) mass is 286 g/mol. The summed E-state index contributed by atoms with van der Waals surface area (Å²) in [7, 11) is 1.95. The lowest BCUT2D eigenvalue weighted by Gasteiger charge is -2.17. The highest BCUT2D eigenvalue weighted by Crippen LogP contribution is 2.28. The van der Waals surface area contributed by atoms with Crippen LogP contribution in [0.15, 0.2) is 35.7 Å². The minimum atomic E-state index is 0.0559. The van der Waals surface area contributed by atoms with Gasteiger partial charge in [-0.3, -0.25) is 4.79 Å². The smallest absolute Gasteiger partial charge is 0.251 e. The van der Waals surface area contributed by atoms with Gasteiger partial charge in [0.15, 0.2) is 0 Å².